The number of benzene rings is 2. The molecule has 0 aromatic heterocycles. The molecule has 158 valence electrons. The Labute approximate surface area is 172 Å². The lowest BCUT2D eigenvalue weighted by molar-refractivity contribution is 0.102. The first-order valence-electron chi connectivity index (χ1n) is 9.70. The quantitative estimate of drug-likeness (QED) is 0.450. The Kier molecular flexibility index (Phi) is 8.04. The smallest absolute Gasteiger partial charge is 0.255 e. The van der Waals surface area contributed by atoms with Gasteiger partial charge in [0.05, 0.1) is 17.2 Å². The summed E-state index contributed by atoms with van der Waals surface area (Å²) in [7, 11) is -3.70. The van der Waals surface area contributed by atoms with E-state index in [0.29, 0.717) is 31.0 Å². The maximum atomic E-state index is 12.7. The highest BCUT2D eigenvalue weighted by atomic mass is 32.2. The van der Waals surface area contributed by atoms with Gasteiger partial charge in [0, 0.05) is 18.7 Å². The molecule has 0 unspecified atom stereocenters. The Bertz CT molecular complexity index is 923. The highest BCUT2D eigenvalue weighted by molar-refractivity contribution is 7.89. The summed E-state index contributed by atoms with van der Waals surface area (Å²) < 4.78 is 32.2. The van der Waals surface area contributed by atoms with Crippen molar-refractivity contribution in [2.45, 2.75) is 38.5 Å². The molecule has 0 bridgehead atoms. The molecule has 0 saturated carbocycles. The highest BCUT2D eigenvalue weighted by Crippen LogP contribution is 2.28. The number of nitrogens with one attached hydrogen (secondary N) is 1. The molecule has 2 rings (SSSR count). The van der Waals surface area contributed by atoms with Gasteiger partial charge in [-0.3, -0.25) is 4.79 Å². The number of ether oxygens (including phenoxy) is 1. The number of aromatic hydroxyl groups is 1. The summed E-state index contributed by atoms with van der Waals surface area (Å²) >= 11 is 0. The Morgan fingerprint density at radius 2 is 1.72 bits per heavy atom. The van der Waals surface area contributed by atoms with E-state index >= 15 is 0 Å². The summed E-state index contributed by atoms with van der Waals surface area (Å²) in [5.41, 5.74) is 0.399. The summed E-state index contributed by atoms with van der Waals surface area (Å²) in [6.07, 6.45) is 1.99. The Balaban J connectivity index is 2.18. The minimum Gasteiger partial charge on any atom is -0.506 e. The number of carbonyl (C=O) groups excluding carboxylic acids is 1. The zero-order chi connectivity index (χ0) is 21.4. The minimum absolute atomic E-state index is 0.00831. The largest absolute Gasteiger partial charge is 0.506 e. The molecule has 29 heavy (non-hydrogen) atoms. The van der Waals surface area contributed by atoms with Crippen LogP contribution in [0, 0.1) is 0 Å². The normalized spacial score (nSPS) is 11.4. The van der Waals surface area contributed by atoms with Gasteiger partial charge < -0.3 is 15.2 Å². The SMILES string of the molecule is CCCCOc1ccc(C(=O)Nc2cc(S(=O)(=O)N(CC)CC)ccc2O)cc1. The van der Waals surface area contributed by atoms with Crippen LogP contribution in [0.5, 0.6) is 11.5 Å². The number of amides is 1. The van der Waals surface area contributed by atoms with Crippen molar-refractivity contribution in [1.29, 1.82) is 0 Å². The fourth-order valence-electron chi connectivity index (χ4n) is 2.72. The van der Waals surface area contributed by atoms with E-state index in [1.807, 2.05) is 0 Å². The third kappa shape index (κ3) is 5.71. The topological polar surface area (TPSA) is 95.9 Å². The first kappa shape index (κ1) is 22.7. The van der Waals surface area contributed by atoms with Crippen LogP contribution in [0.4, 0.5) is 5.69 Å². The second-order valence-electron chi connectivity index (χ2n) is 6.45. The standard InChI is InChI=1S/C21H28N2O5S/c1-4-7-14-28-17-10-8-16(9-11-17)21(25)22-19-15-18(12-13-20(19)24)29(26,27)23(5-2)6-3/h8-13,15,24H,4-7,14H2,1-3H3,(H,22,25). The summed E-state index contributed by atoms with van der Waals surface area (Å²) in [5.74, 6) is -0.000628. The zero-order valence-electron chi connectivity index (χ0n) is 17.0. The van der Waals surface area contributed by atoms with Crippen molar-refractivity contribution < 1.29 is 23.1 Å². The van der Waals surface area contributed by atoms with Crippen LogP contribution in [0.1, 0.15) is 44.0 Å². The van der Waals surface area contributed by atoms with E-state index < -0.39 is 15.9 Å². The first-order valence-corrected chi connectivity index (χ1v) is 11.1. The fraction of sp³-hybridized carbons (Fsp3) is 0.381. The van der Waals surface area contributed by atoms with Crippen LogP contribution < -0.4 is 10.1 Å². The van der Waals surface area contributed by atoms with E-state index in [-0.39, 0.29) is 16.3 Å². The van der Waals surface area contributed by atoms with Crippen LogP contribution in [-0.2, 0) is 10.0 Å². The van der Waals surface area contributed by atoms with Crippen LogP contribution in [0.25, 0.3) is 0 Å². The fourth-order valence-corrected chi connectivity index (χ4v) is 4.20. The molecule has 7 nitrogen and oxygen atoms in total. The molecule has 0 aliphatic rings. The molecule has 0 atom stereocenters. The number of anilines is 1. The number of phenolic OH excluding ortho intramolecular Hbond substituents is 1. The molecule has 0 aliphatic heterocycles. The Morgan fingerprint density at radius 3 is 2.31 bits per heavy atom. The molecule has 1 amide bonds. The van der Waals surface area contributed by atoms with E-state index in [0.717, 1.165) is 12.8 Å². The first-order chi connectivity index (χ1) is 13.8. The predicted molar refractivity (Wildman–Crippen MR) is 113 cm³/mol. The molecule has 0 radical (unpaired) electrons. The second kappa shape index (κ2) is 10.3. The average Bonchev–Trinajstić information content (AvgIpc) is 2.71. The second-order valence-corrected chi connectivity index (χ2v) is 8.39. The number of phenols is 1. The monoisotopic (exact) mass is 420 g/mol. The van der Waals surface area contributed by atoms with Gasteiger partial charge in [-0.05, 0) is 48.9 Å². The van der Waals surface area contributed by atoms with Crippen molar-refractivity contribution in [3.63, 3.8) is 0 Å². The van der Waals surface area contributed by atoms with Crippen molar-refractivity contribution in [1.82, 2.24) is 4.31 Å². The van der Waals surface area contributed by atoms with E-state index in [4.69, 9.17) is 4.74 Å². The minimum atomic E-state index is -3.70. The maximum Gasteiger partial charge on any atom is 0.255 e. The van der Waals surface area contributed by atoms with Gasteiger partial charge in [0.25, 0.3) is 5.91 Å². The van der Waals surface area contributed by atoms with Gasteiger partial charge >= 0.3 is 0 Å². The lowest BCUT2D eigenvalue weighted by Gasteiger charge is -2.19. The molecule has 0 heterocycles. The number of hydrogen-bond donors (Lipinski definition) is 2. The molecule has 0 fully saturated rings. The van der Waals surface area contributed by atoms with Gasteiger partial charge in [-0.25, -0.2) is 8.42 Å². The van der Waals surface area contributed by atoms with Crippen molar-refractivity contribution in [3.05, 3.63) is 48.0 Å². The third-order valence-electron chi connectivity index (χ3n) is 4.44. The maximum absolute atomic E-state index is 12.7. The molecule has 0 saturated heterocycles. The molecule has 8 heteroatoms. The number of unbranched alkanes of at least 4 members (excludes halogenated alkanes) is 1. The van der Waals surface area contributed by atoms with Gasteiger partial charge in [-0.2, -0.15) is 4.31 Å². The molecule has 0 aliphatic carbocycles. The van der Waals surface area contributed by atoms with Gasteiger partial charge in [0.2, 0.25) is 10.0 Å². The lowest BCUT2D eigenvalue weighted by Crippen LogP contribution is -2.30. The zero-order valence-corrected chi connectivity index (χ0v) is 17.8. The van der Waals surface area contributed by atoms with Gasteiger partial charge in [-0.1, -0.05) is 27.2 Å². The van der Waals surface area contributed by atoms with E-state index in [1.54, 1.807) is 38.1 Å². The third-order valence-corrected chi connectivity index (χ3v) is 6.49. The van der Waals surface area contributed by atoms with Crippen LogP contribution in [0.15, 0.2) is 47.4 Å². The van der Waals surface area contributed by atoms with Crippen molar-refractivity contribution in [3.8, 4) is 11.5 Å². The number of rotatable bonds is 10. The average molecular weight is 421 g/mol. The van der Waals surface area contributed by atoms with Crippen molar-refractivity contribution in [2.75, 3.05) is 25.0 Å². The van der Waals surface area contributed by atoms with Gasteiger partial charge in [0.15, 0.2) is 0 Å². The summed E-state index contributed by atoms with van der Waals surface area (Å²) in [6, 6.07) is 10.5. The molecule has 2 aromatic rings. The Hall–Kier alpha value is -2.58. The molecular formula is C21H28N2O5S. The van der Waals surface area contributed by atoms with Crippen molar-refractivity contribution >= 4 is 21.6 Å². The van der Waals surface area contributed by atoms with Crippen LogP contribution >= 0.6 is 0 Å². The Morgan fingerprint density at radius 1 is 1.07 bits per heavy atom. The molecular weight excluding hydrogens is 392 g/mol. The molecule has 2 aromatic carbocycles. The van der Waals surface area contributed by atoms with Gasteiger partial charge in [-0.15, -0.1) is 0 Å². The molecule has 0 spiro atoms. The summed E-state index contributed by atoms with van der Waals surface area (Å²) in [4.78, 5) is 12.5. The number of nitrogens with zero attached hydrogens (tertiary/aromatic N) is 1. The van der Waals surface area contributed by atoms with Crippen molar-refractivity contribution in [2.24, 2.45) is 0 Å². The number of sulfonamides is 1. The summed E-state index contributed by atoms with van der Waals surface area (Å²) in [6.45, 7) is 6.85. The highest BCUT2D eigenvalue weighted by Gasteiger charge is 2.23. The van der Waals surface area contributed by atoms with E-state index in [1.165, 1.54) is 22.5 Å². The predicted octanol–water partition coefficient (Wildman–Crippen LogP) is 3.85. The molecule has 2 N–H and O–H groups in total. The van der Waals surface area contributed by atoms with Crippen LogP contribution in [0.3, 0.4) is 0 Å². The van der Waals surface area contributed by atoms with E-state index in [2.05, 4.69) is 12.2 Å². The number of carbonyl (C=O) groups is 1. The van der Waals surface area contributed by atoms with Gasteiger partial charge in [0.1, 0.15) is 11.5 Å². The number of hydrogen-bond acceptors (Lipinski definition) is 5. The lowest BCUT2D eigenvalue weighted by atomic mass is 10.2. The van der Waals surface area contributed by atoms with Crippen LogP contribution in [-0.4, -0.2) is 43.4 Å². The van der Waals surface area contributed by atoms with E-state index in [9.17, 15) is 18.3 Å². The van der Waals surface area contributed by atoms with Crippen LogP contribution in [0.2, 0.25) is 0 Å². The summed E-state index contributed by atoms with van der Waals surface area (Å²) in [5, 5.41) is 12.6.